The zero-order chi connectivity index (χ0) is 15.2. The summed E-state index contributed by atoms with van der Waals surface area (Å²) in [6.07, 6.45) is 3.06. The molecule has 0 spiro atoms. The van der Waals surface area contributed by atoms with Gasteiger partial charge >= 0.3 is 0 Å². The van der Waals surface area contributed by atoms with E-state index in [1.807, 2.05) is 31.2 Å². The molecule has 0 saturated heterocycles. The summed E-state index contributed by atoms with van der Waals surface area (Å²) in [5.74, 6) is 0.00149. The van der Waals surface area contributed by atoms with E-state index in [4.69, 9.17) is 17.3 Å². The lowest BCUT2D eigenvalue weighted by Crippen LogP contribution is -2.35. The summed E-state index contributed by atoms with van der Waals surface area (Å²) in [7, 11) is 0. The van der Waals surface area contributed by atoms with Gasteiger partial charge in [0.05, 0.1) is 12.6 Å². The van der Waals surface area contributed by atoms with Crippen LogP contribution in [0.25, 0.3) is 0 Å². The third-order valence-corrected chi connectivity index (χ3v) is 3.22. The van der Waals surface area contributed by atoms with Gasteiger partial charge in [-0.3, -0.25) is 10.1 Å². The number of hydrogen-bond donors (Lipinski definition) is 2. The summed E-state index contributed by atoms with van der Waals surface area (Å²) >= 11 is 5.84. The first-order valence-electron chi connectivity index (χ1n) is 6.79. The number of hydrogen-bond acceptors (Lipinski definition) is 4. The average Bonchev–Trinajstić information content (AvgIpc) is 2.89. The van der Waals surface area contributed by atoms with E-state index in [1.54, 1.807) is 11.0 Å². The smallest absolute Gasteiger partial charge is 0.248 e. The van der Waals surface area contributed by atoms with Gasteiger partial charge in [-0.1, -0.05) is 37.1 Å². The van der Waals surface area contributed by atoms with Crippen LogP contribution in [0.3, 0.4) is 0 Å². The van der Waals surface area contributed by atoms with Crippen molar-refractivity contribution in [3.8, 4) is 0 Å². The molecule has 0 aliphatic heterocycles. The van der Waals surface area contributed by atoms with Crippen LogP contribution in [0, 0.1) is 0 Å². The maximum absolute atomic E-state index is 11.8. The van der Waals surface area contributed by atoms with Crippen molar-refractivity contribution in [2.24, 2.45) is 5.73 Å². The van der Waals surface area contributed by atoms with Crippen LogP contribution < -0.4 is 11.1 Å². The normalized spacial score (nSPS) is 11.6. The van der Waals surface area contributed by atoms with Crippen LogP contribution in [0.2, 0.25) is 5.02 Å². The van der Waals surface area contributed by atoms with Crippen LogP contribution >= 0.6 is 24.0 Å². The number of carbonyl (C=O) groups is 1. The number of nitrogens with one attached hydrogen (secondary N) is 1. The van der Waals surface area contributed by atoms with Crippen molar-refractivity contribution < 1.29 is 4.79 Å². The van der Waals surface area contributed by atoms with Gasteiger partial charge in [-0.15, -0.1) is 17.5 Å². The topological polar surface area (TPSA) is 85.8 Å². The van der Waals surface area contributed by atoms with Gasteiger partial charge in [-0.2, -0.15) is 0 Å². The molecule has 2 aromatic rings. The summed E-state index contributed by atoms with van der Waals surface area (Å²) < 4.78 is 1.64. The third-order valence-electron chi connectivity index (χ3n) is 2.97. The Balaban J connectivity index is 0.00000242. The molecule has 0 aliphatic rings. The summed E-state index contributed by atoms with van der Waals surface area (Å²) in [5.41, 5.74) is 6.78. The van der Waals surface area contributed by atoms with Crippen molar-refractivity contribution in [3.63, 3.8) is 0 Å². The fraction of sp³-hybridized carbons (Fsp3) is 0.357. The summed E-state index contributed by atoms with van der Waals surface area (Å²) in [5, 5.41) is 7.50. The fourth-order valence-electron chi connectivity index (χ4n) is 1.85. The molecule has 120 valence electrons. The molecule has 0 saturated carbocycles. The van der Waals surface area contributed by atoms with E-state index >= 15 is 0 Å². The van der Waals surface area contributed by atoms with Crippen LogP contribution in [0.1, 0.15) is 25.3 Å². The molecule has 1 atom stereocenters. The SMILES string of the molecule is CCCC(N)C(=O)Nc1ncn(Cc2ccc(Cl)cc2)n1.Cl. The summed E-state index contributed by atoms with van der Waals surface area (Å²) in [4.78, 5) is 15.8. The lowest BCUT2D eigenvalue weighted by Gasteiger charge is -2.08. The molecule has 22 heavy (non-hydrogen) atoms. The maximum atomic E-state index is 11.8. The van der Waals surface area contributed by atoms with E-state index in [1.165, 1.54) is 0 Å². The van der Waals surface area contributed by atoms with E-state index in [-0.39, 0.29) is 24.3 Å². The van der Waals surface area contributed by atoms with Gasteiger partial charge in [0.1, 0.15) is 6.33 Å². The molecule has 8 heteroatoms. The molecular formula is C14H19Cl2N5O. The second-order valence-electron chi connectivity index (χ2n) is 4.78. The van der Waals surface area contributed by atoms with Crippen LogP contribution in [0.5, 0.6) is 0 Å². The van der Waals surface area contributed by atoms with E-state index in [0.29, 0.717) is 18.0 Å². The third kappa shape index (κ3) is 5.29. The number of nitrogens with two attached hydrogens (primary N) is 1. The summed E-state index contributed by atoms with van der Waals surface area (Å²) in [6.45, 7) is 2.54. The molecule has 0 radical (unpaired) electrons. The number of anilines is 1. The largest absolute Gasteiger partial charge is 0.320 e. The minimum absolute atomic E-state index is 0. The minimum atomic E-state index is -0.529. The number of amides is 1. The number of halogens is 2. The van der Waals surface area contributed by atoms with Gasteiger partial charge in [0.2, 0.25) is 11.9 Å². The van der Waals surface area contributed by atoms with Crippen LogP contribution in [0.15, 0.2) is 30.6 Å². The van der Waals surface area contributed by atoms with Crippen molar-refractivity contribution in [2.45, 2.75) is 32.4 Å². The Morgan fingerprint density at radius 1 is 1.41 bits per heavy atom. The number of rotatable bonds is 6. The highest BCUT2D eigenvalue weighted by atomic mass is 35.5. The number of nitrogens with zero attached hydrogens (tertiary/aromatic N) is 3. The van der Waals surface area contributed by atoms with Gasteiger partial charge in [0, 0.05) is 5.02 Å². The Kier molecular flexibility index (Phi) is 7.31. The first-order chi connectivity index (χ1) is 10.1. The van der Waals surface area contributed by atoms with Gasteiger partial charge in [-0.05, 0) is 24.1 Å². The lowest BCUT2D eigenvalue weighted by molar-refractivity contribution is -0.117. The van der Waals surface area contributed by atoms with E-state index < -0.39 is 6.04 Å². The van der Waals surface area contributed by atoms with Crippen LogP contribution in [0.4, 0.5) is 5.95 Å². The predicted octanol–water partition coefficient (Wildman–Crippen LogP) is 2.47. The van der Waals surface area contributed by atoms with Crippen molar-refractivity contribution in [1.29, 1.82) is 0 Å². The van der Waals surface area contributed by atoms with Gasteiger partial charge < -0.3 is 5.73 Å². The first-order valence-corrected chi connectivity index (χ1v) is 7.16. The van der Waals surface area contributed by atoms with Crippen molar-refractivity contribution in [2.75, 3.05) is 5.32 Å². The highest BCUT2D eigenvalue weighted by molar-refractivity contribution is 6.30. The molecule has 1 aromatic heterocycles. The zero-order valence-corrected chi connectivity index (χ0v) is 13.8. The van der Waals surface area contributed by atoms with E-state index in [0.717, 1.165) is 12.0 Å². The second-order valence-corrected chi connectivity index (χ2v) is 5.21. The maximum Gasteiger partial charge on any atom is 0.248 e. The van der Waals surface area contributed by atoms with E-state index in [9.17, 15) is 4.79 Å². The minimum Gasteiger partial charge on any atom is -0.320 e. The number of aromatic nitrogens is 3. The Hall–Kier alpha value is -1.63. The second kappa shape index (κ2) is 8.73. The molecule has 1 amide bonds. The molecule has 2 rings (SSSR count). The Morgan fingerprint density at radius 3 is 2.73 bits per heavy atom. The predicted molar refractivity (Wildman–Crippen MR) is 89.3 cm³/mol. The lowest BCUT2D eigenvalue weighted by atomic mass is 10.2. The monoisotopic (exact) mass is 343 g/mol. The molecule has 0 fully saturated rings. The van der Waals surface area contributed by atoms with Gasteiger partial charge in [-0.25, -0.2) is 9.67 Å². The average molecular weight is 344 g/mol. The molecule has 1 aromatic carbocycles. The van der Waals surface area contributed by atoms with Crippen LogP contribution in [-0.2, 0) is 11.3 Å². The summed E-state index contributed by atoms with van der Waals surface area (Å²) in [6, 6.07) is 6.94. The highest BCUT2D eigenvalue weighted by Gasteiger charge is 2.14. The van der Waals surface area contributed by atoms with Gasteiger partial charge in [0.25, 0.3) is 0 Å². The molecule has 1 heterocycles. The van der Waals surface area contributed by atoms with Crippen molar-refractivity contribution in [3.05, 3.63) is 41.2 Å². The molecule has 0 aliphatic carbocycles. The zero-order valence-electron chi connectivity index (χ0n) is 12.2. The number of benzene rings is 1. The Morgan fingerprint density at radius 2 is 2.09 bits per heavy atom. The first kappa shape index (κ1) is 18.4. The molecular weight excluding hydrogens is 325 g/mol. The Bertz CT molecular complexity index is 600. The standard InChI is InChI=1S/C14H18ClN5O.ClH/c1-2-3-12(16)13(21)18-14-17-9-20(19-14)8-10-4-6-11(15)7-5-10;/h4-7,9,12H,2-3,8,16H2,1H3,(H,18,19,21);1H. The molecule has 3 N–H and O–H groups in total. The fourth-order valence-corrected chi connectivity index (χ4v) is 1.98. The van der Waals surface area contributed by atoms with Crippen LogP contribution in [-0.4, -0.2) is 26.7 Å². The van der Waals surface area contributed by atoms with Crippen molar-refractivity contribution in [1.82, 2.24) is 14.8 Å². The van der Waals surface area contributed by atoms with Gasteiger partial charge in [0.15, 0.2) is 0 Å². The highest BCUT2D eigenvalue weighted by Crippen LogP contribution is 2.10. The molecule has 6 nitrogen and oxygen atoms in total. The van der Waals surface area contributed by atoms with E-state index in [2.05, 4.69) is 15.4 Å². The number of carbonyl (C=O) groups excluding carboxylic acids is 1. The van der Waals surface area contributed by atoms with Crippen molar-refractivity contribution >= 4 is 35.9 Å². The molecule has 1 unspecified atom stereocenters. The quantitative estimate of drug-likeness (QED) is 0.843. The molecule has 0 bridgehead atoms. The Labute approximate surface area is 140 Å².